The number of hydrogen-bond acceptors (Lipinski definition) is 4. The van der Waals surface area contributed by atoms with E-state index < -0.39 is 0 Å². The zero-order valence-corrected chi connectivity index (χ0v) is 11.2. The average molecular weight is 248 g/mol. The largest absolute Gasteiger partial charge is 0.493 e. The summed E-state index contributed by atoms with van der Waals surface area (Å²) in [6.45, 7) is 5.26. The highest BCUT2D eigenvalue weighted by molar-refractivity contribution is 5.42. The van der Waals surface area contributed by atoms with E-state index in [4.69, 9.17) is 14.7 Å². The summed E-state index contributed by atoms with van der Waals surface area (Å²) in [5.41, 5.74) is 1.13. The van der Waals surface area contributed by atoms with Gasteiger partial charge in [0.1, 0.15) is 0 Å². The number of nitrogens with one attached hydrogen (secondary N) is 1. The van der Waals surface area contributed by atoms with Crippen LogP contribution in [0.3, 0.4) is 0 Å². The zero-order chi connectivity index (χ0) is 13.4. The van der Waals surface area contributed by atoms with Crippen LogP contribution in [0.1, 0.15) is 18.9 Å². The topological polar surface area (TPSA) is 54.3 Å². The van der Waals surface area contributed by atoms with E-state index in [2.05, 4.69) is 11.4 Å². The van der Waals surface area contributed by atoms with Crippen LogP contribution in [-0.2, 0) is 0 Å². The minimum Gasteiger partial charge on any atom is -0.493 e. The number of nitrogens with zero attached hydrogens (tertiary/aromatic N) is 1. The third-order valence-electron chi connectivity index (χ3n) is 2.59. The van der Waals surface area contributed by atoms with Crippen molar-refractivity contribution in [2.45, 2.75) is 26.3 Å². The number of benzene rings is 1. The highest BCUT2D eigenvalue weighted by atomic mass is 16.5. The fraction of sp³-hybridized carbons (Fsp3) is 0.500. The summed E-state index contributed by atoms with van der Waals surface area (Å²) in [4.78, 5) is 0. The molecule has 0 fully saturated rings. The summed E-state index contributed by atoms with van der Waals surface area (Å²) >= 11 is 0. The van der Waals surface area contributed by atoms with Gasteiger partial charge in [-0.25, -0.2) is 0 Å². The molecule has 0 spiro atoms. The van der Waals surface area contributed by atoms with Gasteiger partial charge in [-0.3, -0.25) is 0 Å². The molecule has 0 radical (unpaired) electrons. The molecule has 1 aromatic rings. The molecule has 0 aliphatic rings. The van der Waals surface area contributed by atoms with Crippen molar-refractivity contribution in [3.05, 3.63) is 23.8 Å². The van der Waals surface area contributed by atoms with Gasteiger partial charge < -0.3 is 14.8 Å². The van der Waals surface area contributed by atoms with Gasteiger partial charge in [-0.1, -0.05) is 13.0 Å². The Morgan fingerprint density at radius 2 is 2.17 bits per heavy atom. The molecule has 0 aromatic heterocycles. The van der Waals surface area contributed by atoms with Gasteiger partial charge in [-0.15, -0.1) is 0 Å². The molecule has 1 aromatic carbocycles. The molecular formula is C14H20N2O2. The van der Waals surface area contributed by atoms with E-state index >= 15 is 0 Å². The monoisotopic (exact) mass is 248 g/mol. The number of hydrogen-bond donors (Lipinski definition) is 1. The van der Waals surface area contributed by atoms with E-state index in [1.807, 2.05) is 32.0 Å². The Morgan fingerprint density at radius 3 is 2.78 bits per heavy atom. The lowest BCUT2D eigenvalue weighted by atomic mass is 10.2. The summed E-state index contributed by atoms with van der Waals surface area (Å²) < 4.78 is 10.9. The molecule has 4 nitrogen and oxygen atoms in total. The Bertz CT molecular complexity index is 413. The Labute approximate surface area is 109 Å². The Balaban J connectivity index is 2.51. The van der Waals surface area contributed by atoms with E-state index in [1.54, 1.807) is 7.11 Å². The van der Waals surface area contributed by atoms with Gasteiger partial charge in [0.15, 0.2) is 11.5 Å². The smallest absolute Gasteiger partial charge is 0.161 e. The molecule has 4 heteroatoms. The van der Waals surface area contributed by atoms with Crippen LogP contribution in [0.4, 0.5) is 0 Å². The van der Waals surface area contributed by atoms with Crippen LogP contribution in [0, 0.1) is 18.3 Å². The molecule has 98 valence electrons. The predicted octanol–water partition coefficient (Wildman–Crippen LogP) is 2.27. The van der Waals surface area contributed by atoms with Crippen LogP contribution in [0.2, 0.25) is 0 Å². The van der Waals surface area contributed by atoms with Crippen LogP contribution in [0.25, 0.3) is 0 Å². The summed E-state index contributed by atoms with van der Waals surface area (Å²) in [5, 5.41) is 12.0. The SMILES string of the molecule is CCNC(C#N)CCOc1ccc(C)cc1OC. The average Bonchev–Trinajstić information content (AvgIpc) is 2.39. The van der Waals surface area contributed by atoms with Crippen LogP contribution < -0.4 is 14.8 Å². The van der Waals surface area contributed by atoms with Gasteiger partial charge in [-0.2, -0.15) is 5.26 Å². The highest BCUT2D eigenvalue weighted by Crippen LogP contribution is 2.27. The fourth-order valence-corrected chi connectivity index (χ4v) is 1.64. The number of rotatable bonds is 7. The molecule has 1 N–H and O–H groups in total. The van der Waals surface area contributed by atoms with Crippen LogP contribution in [-0.4, -0.2) is 26.3 Å². The molecule has 0 aliphatic heterocycles. The van der Waals surface area contributed by atoms with Crippen LogP contribution >= 0.6 is 0 Å². The lowest BCUT2D eigenvalue weighted by Gasteiger charge is -2.13. The van der Waals surface area contributed by atoms with Gasteiger partial charge in [0.2, 0.25) is 0 Å². The minimum atomic E-state index is -0.161. The van der Waals surface area contributed by atoms with Crippen molar-refractivity contribution in [3.63, 3.8) is 0 Å². The summed E-state index contributed by atoms with van der Waals surface area (Å²) in [6.07, 6.45) is 0.654. The van der Waals surface area contributed by atoms with Crippen molar-refractivity contribution < 1.29 is 9.47 Å². The van der Waals surface area contributed by atoms with Crippen molar-refractivity contribution in [1.29, 1.82) is 5.26 Å². The molecule has 0 saturated carbocycles. The minimum absolute atomic E-state index is 0.161. The molecule has 1 rings (SSSR count). The maximum Gasteiger partial charge on any atom is 0.161 e. The van der Waals surface area contributed by atoms with Crippen molar-refractivity contribution in [1.82, 2.24) is 5.32 Å². The lowest BCUT2D eigenvalue weighted by molar-refractivity contribution is 0.280. The third-order valence-corrected chi connectivity index (χ3v) is 2.59. The third kappa shape index (κ3) is 4.27. The molecule has 1 unspecified atom stereocenters. The van der Waals surface area contributed by atoms with Gasteiger partial charge in [-0.05, 0) is 31.2 Å². The fourth-order valence-electron chi connectivity index (χ4n) is 1.64. The Hall–Kier alpha value is -1.73. The first-order valence-electron chi connectivity index (χ1n) is 6.11. The van der Waals surface area contributed by atoms with E-state index in [0.29, 0.717) is 13.0 Å². The maximum absolute atomic E-state index is 8.90. The van der Waals surface area contributed by atoms with Crippen molar-refractivity contribution >= 4 is 0 Å². The number of ether oxygens (including phenoxy) is 2. The summed E-state index contributed by atoms with van der Waals surface area (Å²) in [6, 6.07) is 7.84. The molecule has 0 saturated heterocycles. The number of nitriles is 1. The first-order valence-corrected chi connectivity index (χ1v) is 6.11. The number of aryl methyl sites for hydroxylation is 1. The summed E-state index contributed by atoms with van der Waals surface area (Å²) in [5.74, 6) is 1.45. The molecule has 0 bridgehead atoms. The maximum atomic E-state index is 8.90. The van der Waals surface area contributed by atoms with Crippen molar-refractivity contribution in [2.24, 2.45) is 0 Å². The van der Waals surface area contributed by atoms with Gasteiger partial charge in [0.25, 0.3) is 0 Å². The molecule has 0 aliphatic carbocycles. The van der Waals surface area contributed by atoms with E-state index in [9.17, 15) is 0 Å². The lowest BCUT2D eigenvalue weighted by Crippen LogP contribution is -2.28. The Morgan fingerprint density at radius 1 is 1.39 bits per heavy atom. The second kappa shape index (κ2) is 7.57. The van der Waals surface area contributed by atoms with Crippen molar-refractivity contribution in [2.75, 3.05) is 20.3 Å². The predicted molar refractivity (Wildman–Crippen MR) is 70.9 cm³/mol. The summed E-state index contributed by atoms with van der Waals surface area (Å²) in [7, 11) is 1.62. The quantitative estimate of drug-likeness (QED) is 0.804. The van der Waals surface area contributed by atoms with E-state index in [1.165, 1.54) is 0 Å². The van der Waals surface area contributed by atoms with E-state index in [-0.39, 0.29) is 6.04 Å². The van der Waals surface area contributed by atoms with Gasteiger partial charge in [0.05, 0.1) is 25.8 Å². The van der Waals surface area contributed by atoms with Crippen LogP contribution in [0.15, 0.2) is 18.2 Å². The van der Waals surface area contributed by atoms with Crippen LogP contribution in [0.5, 0.6) is 11.5 Å². The normalized spacial score (nSPS) is 11.7. The van der Waals surface area contributed by atoms with Gasteiger partial charge in [0, 0.05) is 6.42 Å². The molecular weight excluding hydrogens is 228 g/mol. The second-order valence-corrected chi connectivity index (χ2v) is 4.03. The molecule has 0 amide bonds. The molecule has 1 atom stereocenters. The first kappa shape index (κ1) is 14.3. The van der Waals surface area contributed by atoms with E-state index in [0.717, 1.165) is 23.6 Å². The first-order chi connectivity index (χ1) is 8.71. The van der Waals surface area contributed by atoms with Crippen molar-refractivity contribution in [3.8, 4) is 17.6 Å². The number of methoxy groups -OCH3 is 1. The molecule has 0 heterocycles. The zero-order valence-electron chi connectivity index (χ0n) is 11.2. The second-order valence-electron chi connectivity index (χ2n) is 4.03. The van der Waals surface area contributed by atoms with Gasteiger partial charge >= 0.3 is 0 Å². The Kier molecular flexibility index (Phi) is 6.03. The highest BCUT2D eigenvalue weighted by Gasteiger charge is 2.08. The standard InChI is InChI=1S/C14H20N2O2/c1-4-16-12(10-15)7-8-18-13-6-5-11(2)9-14(13)17-3/h5-6,9,12,16H,4,7-8H2,1-3H3. The molecule has 18 heavy (non-hydrogen) atoms.